The van der Waals surface area contributed by atoms with Crippen LogP contribution < -0.4 is 0 Å². The molecule has 29 heavy (non-hydrogen) atoms. The molecule has 8 heteroatoms. The fourth-order valence-corrected chi connectivity index (χ4v) is 2.97. The molecular weight excluding hydrogens is 398 g/mol. The van der Waals surface area contributed by atoms with Gasteiger partial charge in [0.25, 0.3) is 0 Å². The molecule has 0 radical (unpaired) electrons. The standard InChI is InChI=1S/C21H20F6O2/c1-4-19(28-3,18-8-6-5-7-14(18)2)13-29-12-15-9-16(20(22,23)24)11-17(10-15)21(25,26)27/h4-11H,1,12-13H2,2-3H3. The van der Waals surface area contributed by atoms with E-state index in [0.29, 0.717) is 12.1 Å². The Hall–Kier alpha value is -2.32. The summed E-state index contributed by atoms with van der Waals surface area (Å²) in [6.45, 7) is 4.98. The summed E-state index contributed by atoms with van der Waals surface area (Å²) in [5.41, 5.74) is -2.50. The molecule has 0 N–H and O–H groups in total. The Kier molecular flexibility index (Phi) is 6.80. The fourth-order valence-electron chi connectivity index (χ4n) is 2.97. The molecule has 0 aliphatic rings. The van der Waals surface area contributed by atoms with Crippen LogP contribution in [0.2, 0.25) is 0 Å². The average molecular weight is 418 g/mol. The van der Waals surface area contributed by atoms with Crippen LogP contribution in [0, 0.1) is 6.92 Å². The second-order valence-electron chi connectivity index (χ2n) is 6.52. The van der Waals surface area contributed by atoms with Gasteiger partial charge >= 0.3 is 12.4 Å². The molecule has 1 atom stereocenters. The summed E-state index contributed by atoms with van der Waals surface area (Å²) in [5.74, 6) is 0. The highest BCUT2D eigenvalue weighted by Gasteiger charge is 2.37. The fraction of sp³-hybridized carbons (Fsp3) is 0.333. The molecule has 2 rings (SSSR count). The number of alkyl halides is 6. The van der Waals surface area contributed by atoms with Crippen LogP contribution in [0.5, 0.6) is 0 Å². The molecule has 0 saturated heterocycles. The molecule has 0 fully saturated rings. The van der Waals surface area contributed by atoms with Crippen molar-refractivity contribution >= 4 is 0 Å². The van der Waals surface area contributed by atoms with Crippen molar-refractivity contribution in [3.63, 3.8) is 0 Å². The van der Waals surface area contributed by atoms with E-state index in [9.17, 15) is 26.3 Å². The predicted molar refractivity (Wildman–Crippen MR) is 96.2 cm³/mol. The largest absolute Gasteiger partial charge is 0.416 e. The molecule has 0 aliphatic carbocycles. The molecule has 2 nitrogen and oxygen atoms in total. The van der Waals surface area contributed by atoms with Gasteiger partial charge in [0.2, 0.25) is 0 Å². The van der Waals surface area contributed by atoms with Gasteiger partial charge in [-0.15, -0.1) is 0 Å². The summed E-state index contributed by atoms with van der Waals surface area (Å²) in [4.78, 5) is 0. The van der Waals surface area contributed by atoms with E-state index in [1.165, 1.54) is 13.2 Å². The Balaban J connectivity index is 2.28. The molecule has 1 unspecified atom stereocenters. The first-order valence-electron chi connectivity index (χ1n) is 8.54. The van der Waals surface area contributed by atoms with Crippen molar-refractivity contribution in [2.45, 2.75) is 31.5 Å². The maximum absolute atomic E-state index is 13.0. The lowest BCUT2D eigenvalue weighted by atomic mass is 9.90. The normalized spacial score (nSPS) is 14.5. The van der Waals surface area contributed by atoms with Gasteiger partial charge in [0.15, 0.2) is 0 Å². The minimum absolute atomic E-state index is 0.0834. The third-order valence-corrected chi connectivity index (χ3v) is 4.53. The van der Waals surface area contributed by atoms with E-state index in [0.717, 1.165) is 11.1 Å². The molecule has 0 amide bonds. The summed E-state index contributed by atoms with van der Waals surface area (Å²) in [7, 11) is 1.42. The molecule has 0 bridgehead atoms. The highest BCUT2D eigenvalue weighted by Crippen LogP contribution is 2.37. The van der Waals surface area contributed by atoms with E-state index in [1.807, 2.05) is 19.1 Å². The number of rotatable bonds is 7. The molecule has 0 aromatic heterocycles. The summed E-state index contributed by atoms with van der Waals surface area (Å²) >= 11 is 0. The summed E-state index contributed by atoms with van der Waals surface area (Å²) < 4.78 is 88.9. The first-order valence-corrected chi connectivity index (χ1v) is 8.54. The topological polar surface area (TPSA) is 18.5 Å². The maximum atomic E-state index is 13.0. The van der Waals surface area contributed by atoms with Crippen LogP contribution in [0.4, 0.5) is 26.3 Å². The van der Waals surface area contributed by atoms with Gasteiger partial charge in [-0.2, -0.15) is 26.3 Å². The minimum atomic E-state index is -4.91. The third-order valence-electron chi connectivity index (χ3n) is 4.53. The summed E-state index contributed by atoms with van der Waals surface area (Å²) in [5, 5.41) is 0. The van der Waals surface area contributed by atoms with Crippen LogP contribution in [-0.4, -0.2) is 13.7 Å². The number of hydrogen-bond donors (Lipinski definition) is 0. The molecule has 2 aromatic rings. The van der Waals surface area contributed by atoms with Gasteiger partial charge in [-0.05, 0) is 41.8 Å². The Morgan fingerprint density at radius 1 is 0.931 bits per heavy atom. The van der Waals surface area contributed by atoms with Gasteiger partial charge < -0.3 is 9.47 Å². The Morgan fingerprint density at radius 2 is 1.48 bits per heavy atom. The van der Waals surface area contributed by atoms with Crippen molar-refractivity contribution in [1.82, 2.24) is 0 Å². The lowest BCUT2D eigenvalue weighted by Gasteiger charge is -2.31. The van der Waals surface area contributed by atoms with Gasteiger partial charge in [-0.1, -0.05) is 36.9 Å². The Labute approximate surface area is 164 Å². The van der Waals surface area contributed by atoms with E-state index in [1.54, 1.807) is 12.1 Å². The smallest absolute Gasteiger partial charge is 0.373 e. The van der Waals surface area contributed by atoms with Crippen LogP contribution in [-0.2, 0) is 34.0 Å². The summed E-state index contributed by atoms with van der Waals surface area (Å²) in [6.07, 6.45) is -8.33. The number of aryl methyl sites for hydroxylation is 1. The van der Waals surface area contributed by atoms with Crippen LogP contribution >= 0.6 is 0 Å². The summed E-state index contributed by atoms with van der Waals surface area (Å²) in [6, 6.07) is 8.61. The van der Waals surface area contributed by atoms with E-state index in [2.05, 4.69) is 6.58 Å². The van der Waals surface area contributed by atoms with E-state index >= 15 is 0 Å². The van der Waals surface area contributed by atoms with Gasteiger partial charge in [0.1, 0.15) is 5.60 Å². The average Bonchev–Trinajstić information content (AvgIpc) is 2.65. The number of hydrogen-bond acceptors (Lipinski definition) is 2. The highest BCUT2D eigenvalue weighted by molar-refractivity contribution is 5.35. The lowest BCUT2D eigenvalue weighted by molar-refractivity contribution is -0.143. The second-order valence-corrected chi connectivity index (χ2v) is 6.52. The van der Waals surface area contributed by atoms with Crippen molar-refractivity contribution in [2.24, 2.45) is 0 Å². The van der Waals surface area contributed by atoms with Gasteiger partial charge in [0, 0.05) is 7.11 Å². The molecule has 2 aromatic carbocycles. The van der Waals surface area contributed by atoms with Gasteiger partial charge in [-0.3, -0.25) is 0 Å². The van der Waals surface area contributed by atoms with E-state index in [-0.39, 0.29) is 18.2 Å². The van der Waals surface area contributed by atoms with Crippen LogP contribution in [0.1, 0.15) is 27.8 Å². The Bertz CT molecular complexity index is 825. The van der Waals surface area contributed by atoms with Crippen molar-refractivity contribution in [3.8, 4) is 0 Å². The first kappa shape index (κ1) is 23.0. The van der Waals surface area contributed by atoms with E-state index in [4.69, 9.17) is 9.47 Å². The molecule has 158 valence electrons. The van der Waals surface area contributed by atoms with Gasteiger partial charge in [0.05, 0.1) is 24.3 Å². The molecule has 0 saturated carbocycles. The molecular formula is C21H20F6O2. The third kappa shape index (κ3) is 5.39. The quantitative estimate of drug-likeness (QED) is 0.389. The Morgan fingerprint density at radius 3 is 1.93 bits per heavy atom. The van der Waals surface area contributed by atoms with Gasteiger partial charge in [-0.25, -0.2) is 0 Å². The first-order chi connectivity index (χ1) is 13.4. The number of halogens is 6. The monoisotopic (exact) mass is 418 g/mol. The molecule has 0 aliphatic heterocycles. The zero-order valence-electron chi connectivity index (χ0n) is 15.8. The van der Waals surface area contributed by atoms with Crippen molar-refractivity contribution in [3.05, 3.63) is 82.9 Å². The second kappa shape index (κ2) is 8.59. The number of ether oxygens (including phenoxy) is 2. The van der Waals surface area contributed by atoms with E-state index < -0.39 is 35.7 Å². The highest BCUT2D eigenvalue weighted by atomic mass is 19.4. The van der Waals surface area contributed by atoms with Crippen LogP contribution in [0.25, 0.3) is 0 Å². The lowest BCUT2D eigenvalue weighted by Crippen LogP contribution is -2.32. The molecule has 0 heterocycles. The number of benzene rings is 2. The van der Waals surface area contributed by atoms with Crippen molar-refractivity contribution in [1.29, 1.82) is 0 Å². The SMILES string of the molecule is C=CC(COCc1cc(C(F)(F)F)cc(C(F)(F)F)c1)(OC)c1ccccc1C. The zero-order chi connectivity index (χ0) is 21.9. The number of methoxy groups -OCH3 is 1. The van der Waals surface area contributed by atoms with Crippen molar-refractivity contribution < 1.29 is 35.8 Å². The van der Waals surface area contributed by atoms with Crippen LogP contribution in [0.15, 0.2) is 55.1 Å². The van der Waals surface area contributed by atoms with Crippen LogP contribution in [0.3, 0.4) is 0 Å². The zero-order valence-corrected chi connectivity index (χ0v) is 15.8. The predicted octanol–water partition coefficient (Wildman–Crippen LogP) is 6.28. The van der Waals surface area contributed by atoms with Crippen molar-refractivity contribution in [2.75, 3.05) is 13.7 Å². The molecule has 0 spiro atoms. The maximum Gasteiger partial charge on any atom is 0.416 e. The minimum Gasteiger partial charge on any atom is -0.373 e.